The molecule has 6 nitrogen and oxygen atoms in total. The molecule has 0 heterocycles. The third-order valence-electron chi connectivity index (χ3n) is 4.68. The third kappa shape index (κ3) is 10.1. The first-order chi connectivity index (χ1) is 12.9. The molecule has 0 fully saturated rings. The van der Waals surface area contributed by atoms with Crippen molar-refractivity contribution in [3.8, 4) is 0 Å². The summed E-state index contributed by atoms with van der Waals surface area (Å²) >= 11 is 0. The van der Waals surface area contributed by atoms with E-state index in [1.807, 2.05) is 41.5 Å². The number of Topliss-reactive ketones (excluding diaryl/α,β-unsaturated/α-hetero) is 3. The fourth-order valence-electron chi connectivity index (χ4n) is 2.92. The zero-order valence-electron chi connectivity index (χ0n) is 18.9. The molecule has 28 heavy (non-hydrogen) atoms. The second-order valence-electron chi connectivity index (χ2n) is 8.81. The van der Waals surface area contributed by atoms with E-state index in [2.05, 4.69) is 10.6 Å². The number of carbonyl (C=O) groups excluding carboxylic acids is 4. The normalized spacial score (nSPS) is 13.9. The lowest BCUT2D eigenvalue weighted by Crippen LogP contribution is -2.45. The van der Waals surface area contributed by atoms with Gasteiger partial charge in [-0.2, -0.15) is 0 Å². The van der Waals surface area contributed by atoms with Crippen LogP contribution in [0.2, 0.25) is 0 Å². The highest BCUT2D eigenvalue weighted by Gasteiger charge is 2.26. The van der Waals surface area contributed by atoms with Crippen LogP contribution in [0.1, 0.15) is 81.1 Å². The van der Waals surface area contributed by atoms with E-state index < -0.39 is 6.04 Å². The lowest BCUT2D eigenvalue weighted by molar-refractivity contribution is -0.131. The zero-order chi connectivity index (χ0) is 22.0. The summed E-state index contributed by atoms with van der Waals surface area (Å²) in [4.78, 5) is 49.2. The van der Waals surface area contributed by atoms with Crippen molar-refractivity contribution in [2.45, 2.75) is 99.2 Å². The summed E-state index contributed by atoms with van der Waals surface area (Å²) < 4.78 is 0. The number of carbonyl (C=O) groups is 4. The van der Waals surface area contributed by atoms with Crippen LogP contribution in [0.3, 0.4) is 0 Å². The molecule has 0 aromatic rings. The van der Waals surface area contributed by atoms with E-state index in [0.29, 0.717) is 12.8 Å². The molecule has 0 aliphatic carbocycles. The molecule has 0 rings (SSSR count). The van der Waals surface area contributed by atoms with Crippen LogP contribution in [-0.2, 0) is 19.2 Å². The van der Waals surface area contributed by atoms with Crippen molar-refractivity contribution in [2.75, 3.05) is 0 Å². The average Bonchev–Trinajstić information content (AvgIpc) is 2.59. The maximum atomic E-state index is 12.5. The first-order valence-electron chi connectivity index (χ1n) is 10.5. The van der Waals surface area contributed by atoms with Gasteiger partial charge in [-0.1, -0.05) is 55.4 Å². The second kappa shape index (κ2) is 12.8. The maximum absolute atomic E-state index is 12.5. The van der Waals surface area contributed by atoms with E-state index in [4.69, 9.17) is 0 Å². The number of hydrogen-bond acceptors (Lipinski definition) is 5. The van der Waals surface area contributed by atoms with Crippen molar-refractivity contribution in [3.63, 3.8) is 0 Å². The highest BCUT2D eigenvalue weighted by Crippen LogP contribution is 2.12. The minimum Gasteiger partial charge on any atom is -0.346 e. The number of nitrogens with one attached hydrogen (secondary N) is 2. The van der Waals surface area contributed by atoms with Crippen molar-refractivity contribution < 1.29 is 19.2 Å². The molecule has 6 heteroatoms. The van der Waals surface area contributed by atoms with Gasteiger partial charge >= 0.3 is 0 Å². The van der Waals surface area contributed by atoms with Crippen LogP contribution in [-0.4, -0.2) is 41.4 Å². The van der Waals surface area contributed by atoms with Crippen molar-refractivity contribution in [1.29, 1.82) is 0 Å². The van der Waals surface area contributed by atoms with Gasteiger partial charge in [-0.3, -0.25) is 19.2 Å². The lowest BCUT2D eigenvalue weighted by atomic mass is 9.94. The predicted molar refractivity (Wildman–Crippen MR) is 112 cm³/mol. The molecule has 0 saturated carbocycles. The van der Waals surface area contributed by atoms with Crippen molar-refractivity contribution >= 4 is 23.3 Å². The molecule has 0 spiro atoms. The molecule has 1 amide bonds. The Hall–Kier alpha value is -1.56. The predicted octanol–water partition coefficient (Wildman–Crippen LogP) is 3.07. The van der Waals surface area contributed by atoms with Gasteiger partial charge in [0.25, 0.3) is 0 Å². The standard InChI is InChI=1S/C22H40N2O4/c1-13(2)19(25)11-9-18(22(28)15(5)6)24-20(26)12-10-17(23-16(7)8)21(27)14(3)4/h13-18,23H,9-12H2,1-8H3,(H,24,26). The molecule has 0 aliphatic heterocycles. The van der Waals surface area contributed by atoms with Gasteiger partial charge in [0.1, 0.15) is 5.78 Å². The number of rotatable bonds is 14. The fourth-order valence-corrected chi connectivity index (χ4v) is 2.92. The Morgan fingerprint density at radius 2 is 1.11 bits per heavy atom. The molecule has 162 valence electrons. The molecule has 0 aromatic carbocycles. The minimum absolute atomic E-state index is 0.0694. The highest BCUT2D eigenvalue weighted by molar-refractivity contribution is 5.91. The largest absolute Gasteiger partial charge is 0.346 e. The van der Waals surface area contributed by atoms with Gasteiger partial charge in [0.2, 0.25) is 5.91 Å². The molecule has 0 saturated heterocycles. The summed E-state index contributed by atoms with van der Waals surface area (Å²) in [5.41, 5.74) is 0. The van der Waals surface area contributed by atoms with Crippen LogP contribution in [0.25, 0.3) is 0 Å². The Labute approximate surface area is 170 Å². The van der Waals surface area contributed by atoms with Gasteiger partial charge in [-0.15, -0.1) is 0 Å². The molecule has 0 aromatic heterocycles. The lowest BCUT2D eigenvalue weighted by Gasteiger charge is -2.23. The van der Waals surface area contributed by atoms with E-state index in [9.17, 15) is 19.2 Å². The molecule has 0 radical (unpaired) electrons. The fraction of sp³-hybridized carbons (Fsp3) is 0.818. The molecular weight excluding hydrogens is 356 g/mol. The van der Waals surface area contributed by atoms with Crippen LogP contribution in [0.4, 0.5) is 0 Å². The first-order valence-corrected chi connectivity index (χ1v) is 10.5. The zero-order valence-corrected chi connectivity index (χ0v) is 18.9. The van der Waals surface area contributed by atoms with Gasteiger partial charge in [-0.05, 0) is 12.8 Å². The van der Waals surface area contributed by atoms with Crippen molar-refractivity contribution in [3.05, 3.63) is 0 Å². The third-order valence-corrected chi connectivity index (χ3v) is 4.68. The topological polar surface area (TPSA) is 92.3 Å². The van der Waals surface area contributed by atoms with E-state index in [0.717, 1.165) is 0 Å². The minimum atomic E-state index is -0.660. The van der Waals surface area contributed by atoms with E-state index >= 15 is 0 Å². The van der Waals surface area contributed by atoms with Crippen LogP contribution in [0.5, 0.6) is 0 Å². The summed E-state index contributed by atoms with van der Waals surface area (Å²) in [6.07, 6.45) is 1.13. The van der Waals surface area contributed by atoms with Crippen LogP contribution in [0, 0.1) is 17.8 Å². The molecule has 2 unspecified atom stereocenters. The van der Waals surface area contributed by atoms with Crippen molar-refractivity contribution in [2.24, 2.45) is 17.8 Å². The Kier molecular flexibility index (Phi) is 12.1. The van der Waals surface area contributed by atoms with Crippen LogP contribution in [0.15, 0.2) is 0 Å². The number of hydrogen-bond donors (Lipinski definition) is 2. The molecular formula is C22H40N2O4. The molecule has 2 atom stereocenters. The van der Waals surface area contributed by atoms with Crippen LogP contribution < -0.4 is 10.6 Å². The van der Waals surface area contributed by atoms with Gasteiger partial charge < -0.3 is 10.6 Å². The molecule has 0 aliphatic rings. The van der Waals surface area contributed by atoms with Gasteiger partial charge in [0.15, 0.2) is 11.6 Å². The van der Waals surface area contributed by atoms with E-state index in [1.165, 1.54) is 0 Å². The number of ketones is 3. The Morgan fingerprint density at radius 3 is 1.54 bits per heavy atom. The van der Waals surface area contributed by atoms with Gasteiger partial charge in [0, 0.05) is 36.6 Å². The summed E-state index contributed by atoms with van der Waals surface area (Å²) in [7, 11) is 0. The Bertz CT molecular complexity index is 539. The quantitative estimate of drug-likeness (QED) is 0.471. The number of amides is 1. The van der Waals surface area contributed by atoms with Crippen molar-refractivity contribution in [1.82, 2.24) is 10.6 Å². The summed E-state index contributed by atoms with van der Waals surface area (Å²) in [5.74, 6) is -0.592. The summed E-state index contributed by atoms with van der Waals surface area (Å²) in [6.45, 7) is 14.8. The van der Waals surface area contributed by atoms with E-state index in [1.54, 1.807) is 13.8 Å². The van der Waals surface area contributed by atoms with Crippen LogP contribution >= 0.6 is 0 Å². The average molecular weight is 397 g/mol. The summed E-state index contributed by atoms with van der Waals surface area (Å²) in [6, 6.07) is -0.909. The Morgan fingerprint density at radius 1 is 0.643 bits per heavy atom. The highest BCUT2D eigenvalue weighted by atomic mass is 16.2. The second-order valence-corrected chi connectivity index (χ2v) is 8.81. The first kappa shape index (κ1) is 26.4. The Balaban J connectivity index is 4.93. The summed E-state index contributed by atoms with van der Waals surface area (Å²) in [5, 5.41) is 6.01. The maximum Gasteiger partial charge on any atom is 0.220 e. The smallest absolute Gasteiger partial charge is 0.220 e. The van der Waals surface area contributed by atoms with Gasteiger partial charge in [0.05, 0.1) is 12.1 Å². The molecule has 2 N–H and O–H groups in total. The monoisotopic (exact) mass is 396 g/mol. The molecule has 0 bridgehead atoms. The van der Waals surface area contributed by atoms with Gasteiger partial charge in [-0.25, -0.2) is 0 Å². The SMILES string of the molecule is CC(C)NC(CCC(=O)NC(CCC(=O)C(C)C)C(=O)C(C)C)C(=O)C(C)C. The van der Waals surface area contributed by atoms with E-state index in [-0.39, 0.29) is 65.9 Å².